The molecule has 21 heavy (non-hydrogen) atoms. The summed E-state index contributed by atoms with van der Waals surface area (Å²) in [6.07, 6.45) is 19.2. The van der Waals surface area contributed by atoms with Crippen LogP contribution in [0.25, 0.3) is 0 Å². The third-order valence-corrected chi connectivity index (χ3v) is 4.96. The molecule has 0 aliphatic heterocycles. The Morgan fingerprint density at radius 1 is 0.810 bits per heavy atom. The van der Waals surface area contributed by atoms with Gasteiger partial charge in [-0.2, -0.15) is 0 Å². The summed E-state index contributed by atoms with van der Waals surface area (Å²) in [4.78, 5) is 10.4. The third kappa shape index (κ3) is 10.8. The molecule has 0 aromatic rings. The average molecular weight is 296 g/mol. The van der Waals surface area contributed by atoms with Gasteiger partial charge in [0, 0.05) is 6.42 Å². The van der Waals surface area contributed by atoms with Gasteiger partial charge in [-0.3, -0.25) is 4.79 Å². The monoisotopic (exact) mass is 296 g/mol. The van der Waals surface area contributed by atoms with Gasteiger partial charge in [-0.05, 0) is 24.7 Å². The van der Waals surface area contributed by atoms with E-state index >= 15 is 0 Å². The molecule has 0 aromatic carbocycles. The van der Waals surface area contributed by atoms with Crippen molar-refractivity contribution in [3.63, 3.8) is 0 Å². The number of carboxylic acid groups (broad SMARTS) is 1. The predicted octanol–water partition coefficient (Wildman–Crippen LogP) is 6.19. The third-order valence-electron chi connectivity index (χ3n) is 4.96. The molecular weight excluding hydrogens is 260 g/mol. The fourth-order valence-electron chi connectivity index (χ4n) is 3.42. The summed E-state index contributed by atoms with van der Waals surface area (Å²) in [6.45, 7) is 2.28. The fraction of sp³-hybridized carbons (Fsp3) is 0.947. The van der Waals surface area contributed by atoms with Gasteiger partial charge in [0.05, 0.1) is 0 Å². The second kappa shape index (κ2) is 12.1. The minimum absolute atomic E-state index is 0.351. The molecule has 124 valence electrons. The van der Waals surface area contributed by atoms with Crippen LogP contribution in [0.1, 0.15) is 103 Å². The van der Waals surface area contributed by atoms with E-state index in [0.717, 1.165) is 24.7 Å². The maximum atomic E-state index is 10.4. The largest absolute Gasteiger partial charge is 0.481 e. The highest BCUT2D eigenvalue weighted by molar-refractivity contribution is 5.66. The van der Waals surface area contributed by atoms with E-state index in [1.807, 2.05) is 0 Å². The molecule has 1 aliphatic rings. The minimum atomic E-state index is -0.646. The van der Waals surface area contributed by atoms with Crippen LogP contribution in [0, 0.1) is 11.8 Å². The van der Waals surface area contributed by atoms with Crippen molar-refractivity contribution >= 4 is 5.97 Å². The van der Waals surface area contributed by atoms with Crippen LogP contribution in [-0.4, -0.2) is 11.1 Å². The number of carboxylic acids is 1. The highest BCUT2D eigenvalue weighted by Gasteiger charge is 2.34. The van der Waals surface area contributed by atoms with Crippen molar-refractivity contribution in [1.29, 1.82) is 0 Å². The predicted molar refractivity (Wildman–Crippen MR) is 89.5 cm³/mol. The molecule has 1 N–H and O–H groups in total. The van der Waals surface area contributed by atoms with Crippen molar-refractivity contribution in [3.8, 4) is 0 Å². The topological polar surface area (TPSA) is 37.3 Å². The number of hydrogen-bond acceptors (Lipinski definition) is 1. The van der Waals surface area contributed by atoms with Gasteiger partial charge in [-0.15, -0.1) is 0 Å². The van der Waals surface area contributed by atoms with E-state index in [9.17, 15) is 4.79 Å². The lowest BCUT2D eigenvalue weighted by Crippen LogP contribution is -1.93. The first kappa shape index (κ1) is 18.5. The Balaban J connectivity index is 1.77. The highest BCUT2D eigenvalue weighted by atomic mass is 16.4. The molecule has 0 spiro atoms. The van der Waals surface area contributed by atoms with Gasteiger partial charge in [0.2, 0.25) is 0 Å². The number of rotatable bonds is 15. The second-order valence-electron chi connectivity index (χ2n) is 7.01. The number of hydrogen-bond donors (Lipinski definition) is 1. The van der Waals surface area contributed by atoms with Gasteiger partial charge in [-0.25, -0.2) is 0 Å². The van der Waals surface area contributed by atoms with Crippen molar-refractivity contribution < 1.29 is 9.90 Å². The van der Waals surface area contributed by atoms with Crippen molar-refractivity contribution in [3.05, 3.63) is 0 Å². The number of carbonyl (C=O) groups is 1. The van der Waals surface area contributed by atoms with Crippen LogP contribution in [0.3, 0.4) is 0 Å². The Bertz CT molecular complexity index is 262. The van der Waals surface area contributed by atoms with Crippen LogP contribution >= 0.6 is 0 Å². The molecule has 0 saturated heterocycles. The maximum Gasteiger partial charge on any atom is 0.303 e. The maximum absolute atomic E-state index is 10.4. The van der Waals surface area contributed by atoms with E-state index in [2.05, 4.69) is 6.92 Å². The van der Waals surface area contributed by atoms with Crippen LogP contribution in [0.15, 0.2) is 0 Å². The average Bonchev–Trinajstić information content (AvgIpc) is 3.20. The Morgan fingerprint density at radius 3 is 1.81 bits per heavy atom. The van der Waals surface area contributed by atoms with Crippen LogP contribution in [0.5, 0.6) is 0 Å². The molecule has 1 saturated carbocycles. The highest BCUT2D eigenvalue weighted by Crippen LogP contribution is 2.45. The Hall–Kier alpha value is -0.530. The summed E-state index contributed by atoms with van der Waals surface area (Å²) in [5, 5.41) is 8.57. The van der Waals surface area contributed by atoms with Gasteiger partial charge < -0.3 is 5.11 Å². The number of unbranched alkanes of at least 4 members (excludes halogenated alkanes) is 9. The van der Waals surface area contributed by atoms with Gasteiger partial charge in [0.1, 0.15) is 0 Å². The smallest absolute Gasteiger partial charge is 0.303 e. The van der Waals surface area contributed by atoms with E-state index in [4.69, 9.17) is 5.11 Å². The van der Waals surface area contributed by atoms with Gasteiger partial charge in [0.15, 0.2) is 0 Å². The summed E-state index contributed by atoms with van der Waals surface area (Å²) in [7, 11) is 0. The van der Waals surface area contributed by atoms with E-state index in [0.29, 0.717) is 6.42 Å². The van der Waals surface area contributed by atoms with Crippen LogP contribution in [0.2, 0.25) is 0 Å². The van der Waals surface area contributed by atoms with E-state index in [1.165, 1.54) is 77.0 Å². The molecular formula is C19H36O2. The molecule has 1 aliphatic carbocycles. The van der Waals surface area contributed by atoms with E-state index < -0.39 is 5.97 Å². The molecule has 2 heteroatoms. The summed E-state index contributed by atoms with van der Waals surface area (Å²) < 4.78 is 0. The van der Waals surface area contributed by atoms with Gasteiger partial charge in [0.25, 0.3) is 0 Å². The van der Waals surface area contributed by atoms with Crippen molar-refractivity contribution in [2.45, 2.75) is 103 Å². The SMILES string of the molecule is CCCCCCCCCC1CC1CCCCCCC(=O)O. The van der Waals surface area contributed by atoms with Gasteiger partial charge in [-0.1, -0.05) is 84.0 Å². The van der Waals surface area contributed by atoms with Crippen molar-refractivity contribution in [2.24, 2.45) is 11.8 Å². The van der Waals surface area contributed by atoms with Crippen LogP contribution in [-0.2, 0) is 4.79 Å². The zero-order valence-corrected chi connectivity index (χ0v) is 14.1. The summed E-state index contributed by atoms with van der Waals surface area (Å²) in [6, 6.07) is 0. The summed E-state index contributed by atoms with van der Waals surface area (Å²) >= 11 is 0. The Kier molecular flexibility index (Phi) is 10.6. The summed E-state index contributed by atoms with van der Waals surface area (Å²) in [5.41, 5.74) is 0. The molecule has 1 fully saturated rings. The quantitative estimate of drug-likeness (QED) is 0.366. The van der Waals surface area contributed by atoms with E-state index in [1.54, 1.807) is 0 Å². The van der Waals surface area contributed by atoms with Crippen LogP contribution < -0.4 is 0 Å². The lowest BCUT2D eigenvalue weighted by molar-refractivity contribution is -0.137. The number of aliphatic carboxylic acids is 1. The van der Waals surface area contributed by atoms with E-state index in [-0.39, 0.29) is 0 Å². The summed E-state index contributed by atoms with van der Waals surface area (Å²) in [5.74, 6) is 1.41. The normalized spacial score (nSPS) is 20.6. The van der Waals surface area contributed by atoms with Crippen molar-refractivity contribution in [1.82, 2.24) is 0 Å². The first-order valence-electron chi connectivity index (χ1n) is 9.45. The first-order chi connectivity index (χ1) is 10.2. The second-order valence-corrected chi connectivity index (χ2v) is 7.01. The first-order valence-corrected chi connectivity index (χ1v) is 9.45. The standard InChI is InChI=1S/C19H36O2/c1-2-3-4-5-6-7-10-13-17-16-18(17)14-11-8-9-12-15-19(20)21/h17-18H,2-16H2,1H3,(H,20,21). The molecule has 0 aromatic heterocycles. The molecule has 0 amide bonds. The van der Waals surface area contributed by atoms with Crippen molar-refractivity contribution in [2.75, 3.05) is 0 Å². The lowest BCUT2D eigenvalue weighted by Gasteiger charge is -2.02. The molecule has 0 bridgehead atoms. The molecule has 0 heterocycles. The zero-order valence-electron chi connectivity index (χ0n) is 14.1. The zero-order chi connectivity index (χ0) is 15.3. The lowest BCUT2D eigenvalue weighted by atomic mass is 10.0. The Labute approximate surface area is 131 Å². The Morgan fingerprint density at radius 2 is 1.29 bits per heavy atom. The molecule has 1 rings (SSSR count). The minimum Gasteiger partial charge on any atom is -0.481 e. The molecule has 2 atom stereocenters. The fourth-order valence-corrected chi connectivity index (χ4v) is 3.42. The molecule has 2 unspecified atom stereocenters. The van der Waals surface area contributed by atoms with Crippen LogP contribution in [0.4, 0.5) is 0 Å². The molecule has 2 nitrogen and oxygen atoms in total. The van der Waals surface area contributed by atoms with Gasteiger partial charge >= 0.3 is 5.97 Å². The molecule has 0 radical (unpaired) electrons.